The number of H-pyrrole nitrogens is 1. The number of benzene rings is 2. The molecule has 0 spiro atoms. The second-order valence-corrected chi connectivity index (χ2v) is 22.3. The van der Waals surface area contributed by atoms with E-state index in [9.17, 15) is 43.5 Å². The highest BCUT2D eigenvalue weighted by Gasteiger charge is 2.41. The zero-order valence-electron chi connectivity index (χ0n) is 50.4. The third-order valence-corrected chi connectivity index (χ3v) is 15.6. The summed E-state index contributed by atoms with van der Waals surface area (Å²) in [7, 11) is 1.38. The van der Waals surface area contributed by atoms with Gasteiger partial charge >= 0.3 is 0 Å². The molecule has 2 fully saturated rings. The van der Waals surface area contributed by atoms with Gasteiger partial charge in [-0.1, -0.05) is 60.7 Å². The van der Waals surface area contributed by atoms with Crippen LogP contribution in [0.15, 0.2) is 99.3 Å². The fourth-order valence-electron chi connectivity index (χ4n) is 10.9. The maximum absolute atomic E-state index is 15.2. The van der Waals surface area contributed by atoms with Gasteiger partial charge in [0.2, 0.25) is 65.0 Å². The van der Waals surface area contributed by atoms with E-state index in [2.05, 4.69) is 73.1 Å². The Balaban J connectivity index is 1.23. The number of nitrogens with zero attached hydrogens (tertiary/aromatic N) is 4. The van der Waals surface area contributed by atoms with Gasteiger partial charge in [0.05, 0.1) is 13.0 Å². The summed E-state index contributed by atoms with van der Waals surface area (Å²) >= 11 is 0. The number of fused-ring (bicyclic) bond motifs is 1. The van der Waals surface area contributed by atoms with Crippen LogP contribution in [0.2, 0.25) is 0 Å². The molecule has 9 atom stereocenters. The van der Waals surface area contributed by atoms with Gasteiger partial charge in [0.1, 0.15) is 54.4 Å². The molecule has 0 saturated carbocycles. The van der Waals surface area contributed by atoms with E-state index in [1.807, 2.05) is 0 Å². The first-order valence-corrected chi connectivity index (χ1v) is 30.2. The van der Waals surface area contributed by atoms with Gasteiger partial charge in [0.25, 0.3) is 0 Å². The summed E-state index contributed by atoms with van der Waals surface area (Å²) in [6.07, 6.45) is 9.21. The summed E-state index contributed by atoms with van der Waals surface area (Å²) < 4.78 is 0. The van der Waals surface area contributed by atoms with Gasteiger partial charge in [0.15, 0.2) is 5.96 Å². The predicted molar refractivity (Wildman–Crippen MR) is 332 cm³/mol. The Morgan fingerprint density at radius 1 is 0.722 bits per heavy atom. The highest BCUT2D eigenvalue weighted by atomic mass is 16.3. The number of carbonyl (C=O) groups excluding carboxylic acids is 11. The van der Waals surface area contributed by atoms with E-state index in [-0.39, 0.29) is 96.2 Å². The molecule has 4 aliphatic heterocycles. The van der Waals surface area contributed by atoms with Gasteiger partial charge < -0.3 is 79.6 Å². The van der Waals surface area contributed by atoms with Crippen LogP contribution in [0, 0.1) is 0 Å². The van der Waals surface area contributed by atoms with Gasteiger partial charge in [-0.3, -0.25) is 67.7 Å². The minimum atomic E-state index is -1.71. The van der Waals surface area contributed by atoms with Gasteiger partial charge in [-0.25, -0.2) is 0 Å². The monoisotopic (exact) mass is 1240 g/mol. The molecule has 3 aromatic rings. The first-order valence-electron chi connectivity index (χ1n) is 30.2. The van der Waals surface area contributed by atoms with E-state index in [4.69, 9.17) is 11.5 Å². The Morgan fingerprint density at radius 3 is 2.04 bits per heavy atom. The second-order valence-electron chi connectivity index (χ2n) is 22.3. The number of aliphatic hydroxyl groups excluding tert-OH is 1. The quantitative estimate of drug-likeness (QED) is 0.0325. The molecule has 2 aromatic carbocycles. The number of aromatic nitrogens is 1. The molecule has 5 heterocycles. The van der Waals surface area contributed by atoms with Crippen LogP contribution < -0.4 is 64.6 Å². The van der Waals surface area contributed by atoms with Crippen LogP contribution in [0.1, 0.15) is 95.1 Å². The van der Waals surface area contributed by atoms with Crippen LogP contribution in [-0.2, 0) is 65.6 Å². The van der Waals surface area contributed by atoms with Crippen LogP contribution in [0.4, 0.5) is 0 Å². The Bertz CT molecular complexity index is 3270. The third kappa shape index (κ3) is 19.9. The standard InChI is InChI=1S/C61H81N17O12/c1-35(80)70-42-20-8-9-23-67-51(81)32-48(60(90)78-27-13-22-50(78)59(89)77-49(34-79)58(88)74-46(52(82)64-2)30-38-16-10-24-65-38)76-56(86)45(29-37-33-69-41-19-7-6-18-40(37)41)73-54(84)43(21-12-26-68-61(62)63)71-55(85)44(28-36-14-4-3-5-15-36)72-57(87)47(75-53(42)83)31-39-17-11-25-66-39/h3-7,14-19,24-25,33,42-50,69,79H,8-13,20-23,26-32,34H2,1-2H3,(H,64,82)(H,67,81)(H,70,80)(H,71,85)(H,72,87)(H,73,84)(H,74,88)(H,75,83)(H,76,86)(H,77,89)(H4,62,63,68)/t42-,43-,44+,45-,46-,47-,48-,49-,50-/m0/s1. The highest BCUT2D eigenvalue weighted by Crippen LogP contribution is 2.23. The number of aromatic amines is 1. The predicted octanol–water partition coefficient (Wildman–Crippen LogP) is -2.18. The molecule has 29 heteroatoms. The lowest BCUT2D eigenvalue weighted by Gasteiger charge is -2.31. The van der Waals surface area contributed by atoms with Crippen molar-refractivity contribution in [3.63, 3.8) is 0 Å². The highest BCUT2D eigenvalue weighted by molar-refractivity contribution is 6.00. The summed E-state index contributed by atoms with van der Waals surface area (Å²) in [6, 6.07) is 3.28. The largest absolute Gasteiger partial charge is 0.394 e. The number of guanidine groups is 1. The van der Waals surface area contributed by atoms with Crippen molar-refractivity contribution in [3.05, 3.63) is 95.5 Å². The maximum Gasteiger partial charge on any atom is 0.246 e. The summed E-state index contributed by atoms with van der Waals surface area (Å²) in [5.41, 5.74) is 14.2. The molecule has 0 radical (unpaired) electrons. The number of hydrogen-bond acceptors (Lipinski definition) is 15. The number of nitrogens with two attached hydrogens (primary N) is 2. The van der Waals surface area contributed by atoms with Crippen molar-refractivity contribution in [3.8, 4) is 0 Å². The summed E-state index contributed by atoms with van der Waals surface area (Å²) in [5, 5.41) is 37.9. The molecule has 2 saturated heterocycles. The Morgan fingerprint density at radius 2 is 1.37 bits per heavy atom. The zero-order valence-corrected chi connectivity index (χ0v) is 50.4. The van der Waals surface area contributed by atoms with Crippen molar-refractivity contribution in [1.29, 1.82) is 0 Å². The number of allylic oxidation sites excluding steroid dienone is 2. The van der Waals surface area contributed by atoms with E-state index in [0.29, 0.717) is 46.3 Å². The van der Waals surface area contributed by atoms with Crippen molar-refractivity contribution >= 4 is 94.3 Å². The molecule has 0 aliphatic carbocycles. The van der Waals surface area contributed by atoms with Gasteiger partial charge in [-0.05, 0) is 62.1 Å². The van der Waals surface area contributed by atoms with E-state index in [1.165, 1.54) is 14.0 Å². The smallest absolute Gasteiger partial charge is 0.246 e. The number of hydrogen-bond donors (Lipinski definition) is 14. The topological polar surface area (TPSA) is 436 Å². The van der Waals surface area contributed by atoms with E-state index >= 15 is 14.4 Å². The number of aliphatic imine (C=N–C) groups is 3. The van der Waals surface area contributed by atoms with Crippen molar-refractivity contribution in [2.45, 2.75) is 151 Å². The minimum Gasteiger partial charge on any atom is -0.394 e. The summed E-state index contributed by atoms with van der Waals surface area (Å²) in [6.45, 7) is 0.267. The lowest BCUT2D eigenvalue weighted by Crippen LogP contribution is -2.61. The lowest BCUT2D eigenvalue weighted by molar-refractivity contribution is -0.144. The zero-order chi connectivity index (χ0) is 64.7. The van der Waals surface area contributed by atoms with Crippen LogP contribution in [-0.4, -0.2) is 186 Å². The molecule has 0 bridgehead atoms. The van der Waals surface area contributed by atoms with Crippen LogP contribution >= 0.6 is 0 Å². The van der Waals surface area contributed by atoms with Crippen LogP contribution in [0.5, 0.6) is 0 Å². The second kappa shape index (κ2) is 33.5. The van der Waals surface area contributed by atoms with E-state index < -0.39 is 132 Å². The summed E-state index contributed by atoms with van der Waals surface area (Å²) in [5.74, 6) is -8.89. The molecule has 90 heavy (non-hydrogen) atoms. The number of nitrogens with one attached hydrogen (secondary N) is 11. The van der Waals surface area contributed by atoms with Crippen LogP contribution in [0.3, 0.4) is 0 Å². The average Bonchev–Trinajstić information content (AvgIpc) is 2.80. The van der Waals surface area contributed by atoms with Gasteiger partial charge in [0, 0.05) is 113 Å². The fourth-order valence-corrected chi connectivity index (χ4v) is 10.9. The van der Waals surface area contributed by atoms with Crippen LogP contribution in [0.25, 0.3) is 10.9 Å². The number of rotatable bonds is 20. The fraction of sp³-hybridized carbons (Fsp3) is 0.475. The van der Waals surface area contributed by atoms with E-state index in [1.54, 1.807) is 85.4 Å². The van der Waals surface area contributed by atoms with Gasteiger partial charge in [-0.2, -0.15) is 0 Å². The normalized spacial score (nSPS) is 22.9. The SMILES string of the molecule is CNC(=O)[C@H](CC1=CCC=N1)NC(=O)[C@H](CO)NC(=O)[C@@H]1CCCN1C(=O)[C@@H]1CC(=O)NCCCC[C@H](NC(C)=O)C(=O)N[C@@H](CC2=CCC=N2)C(=O)N[C@H](Cc2ccccc2)C(=O)N[C@@H](CCCN=C(N)N)C(=O)N[C@@H](Cc2c[nH]c3ccccc23)C(=O)N1. The molecule has 0 unspecified atom stereocenters. The molecule has 29 nitrogen and oxygen atoms in total. The minimum absolute atomic E-state index is 0.00643. The number of para-hydroxylation sites is 1. The Labute approximate surface area is 519 Å². The molecular formula is C61H81N17O12. The number of likely N-dealkylation sites (N-methyl/N-ethyl adjacent to an activating group) is 1. The molecular weight excluding hydrogens is 1160 g/mol. The molecule has 1 aromatic heterocycles. The maximum atomic E-state index is 15.2. The number of amides is 11. The average molecular weight is 1240 g/mol. The number of carbonyl (C=O) groups is 11. The van der Waals surface area contributed by atoms with Crippen molar-refractivity contribution in [2.75, 3.05) is 33.3 Å². The lowest BCUT2D eigenvalue weighted by atomic mass is 10.0. The molecule has 11 amide bonds. The number of likely N-dealkylation sites (tertiary alicyclic amines) is 1. The summed E-state index contributed by atoms with van der Waals surface area (Å²) in [4.78, 5) is 173. The molecule has 482 valence electrons. The first kappa shape index (κ1) is 67.7. The Hall–Kier alpha value is -9.80. The van der Waals surface area contributed by atoms with Crippen molar-refractivity contribution in [2.24, 2.45) is 26.4 Å². The van der Waals surface area contributed by atoms with Crippen molar-refractivity contribution in [1.82, 2.24) is 63.1 Å². The van der Waals surface area contributed by atoms with Gasteiger partial charge in [-0.15, -0.1) is 0 Å². The molecule has 16 N–H and O–H groups in total. The van der Waals surface area contributed by atoms with Crippen molar-refractivity contribution < 1.29 is 57.8 Å². The Kier molecular flexibility index (Phi) is 25.2. The number of aliphatic hydroxyl groups is 1. The first-order chi connectivity index (χ1) is 43.3. The molecule has 7 rings (SSSR count). The third-order valence-electron chi connectivity index (χ3n) is 15.6. The molecule has 4 aliphatic rings. The van der Waals surface area contributed by atoms with E-state index in [0.717, 1.165) is 4.90 Å².